The molecule has 0 saturated carbocycles. The van der Waals surface area contributed by atoms with Crippen molar-refractivity contribution in [3.8, 4) is 28.1 Å². The third-order valence-corrected chi connectivity index (χ3v) is 6.67. The number of aromatic carboxylic acids is 1. The van der Waals surface area contributed by atoms with Crippen molar-refractivity contribution in [2.75, 3.05) is 0 Å². The summed E-state index contributed by atoms with van der Waals surface area (Å²) in [6.45, 7) is 0. The lowest BCUT2D eigenvalue weighted by Gasteiger charge is -2.15. The number of pyridine rings is 1. The second kappa shape index (κ2) is 9.84. The van der Waals surface area contributed by atoms with Gasteiger partial charge in [0.25, 0.3) is 5.56 Å². The molecular weight excluding hydrogens is 536 g/mol. The molecule has 0 bridgehead atoms. The number of fused-ring (bicyclic) bond motifs is 1. The summed E-state index contributed by atoms with van der Waals surface area (Å²) in [6.07, 6.45) is 4.14. The Kier molecular flexibility index (Phi) is 6.55. The lowest BCUT2D eigenvalue weighted by molar-refractivity contribution is 0.0692. The highest BCUT2D eigenvalue weighted by atomic mass is 35.5. The molecule has 0 saturated heterocycles. The number of aromatic amines is 1. The van der Waals surface area contributed by atoms with Gasteiger partial charge >= 0.3 is 5.97 Å². The van der Waals surface area contributed by atoms with Crippen LogP contribution < -0.4 is 5.56 Å². The molecule has 1 aliphatic heterocycles. The maximum atomic E-state index is 14.8. The number of carbonyl (C=O) groups is 1. The van der Waals surface area contributed by atoms with Gasteiger partial charge in [-0.15, -0.1) is 17.5 Å². The molecule has 192 valence electrons. The molecule has 0 amide bonds. The summed E-state index contributed by atoms with van der Waals surface area (Å²) in [6, 6.07) is 12.5. The van der Waals surface area contributed by atoms with Crippen LogP contribution >= 0.6 is 24.0 Å². The Morgan fingerprint density at radius 2 is 2.00 bits per heavy atom. The fraction of sp³-hybridized carbons (Fsp3) is 0.120. The Balaban J connectivity index is 0.00000294. The minimum atomic E-state index is -1.35. The summed E-state index contributed by atoms with van der Waals surface area (Å²) >= 11 is 6.20. The maximum absolute atomic E-state index is 14.8. The number of carboxylic acid groups (broad SMARTS) is 1. The molecule has 38 heavy (non-hydrogen) atoms. The van der Waals surface area contributed by atoms with E-state index in [1.54, 1.807) is 22.8 Å². The zero-order valence-corrected chi connectivity index (χ0v) is 20.9. The second-order valence-electron chi connectivity index (χ2n) is 8.57. The van der Waals surface area contributed by atoms with Gasteiger partial charge in [-0.25, -0.2) is 14.2 Å². The standard InChI is InChI=1S/C25H17ClFN7O3.ClH/c26-14-4-6-16(21(10-14)33-12-29-31-32-33)13-8-15-5-7-20(34(15)22(35)9-13)24-28-11-19(30-24)17-2-1-3-18(23(17)27)25(36)37;/h1-4,6,8-12,20H,5,7H2,(H,28,30)(H,36,37);1H/t20-;/m0./s1. The summed E-state index contributed by atoms with van der Waals surface area (Å²) in [7, 11) is 0. The highest BCUT2D eigenvalue weighted by Gasteiger charge is 2.28. The van der Waals surface area contributed by atoms with Gasteiger partial charge in [-0.3, -0.25) is 4.79 Å². The normalized spacial score (nSPS) is 14.2. The first kappa shape index (κ1) is 25.3. The van der Waals surface area contributed by atoms with E-state index >= 15 is 0 Å². The molecule has 6 rings (SSSR count). The Hall–Kier alpha value is -4.35. The highest BCUT2D eigenvalue weighted by Crippen LogP contribution is 2.34. The van der Waals surface area contributed by atoms with Gasteiger partial charge in [0.1, 0.15) is 18.0 Å². The molecule has 1 atom stereocenters. The van der Waals surface area contributed by atoms with Gasteiger partial charge < -0.3 is 14.7 Å². The van der Waals surface area contributed by atoms with E-state index in [9.17, 15) is 19.1 Å². The van der Waals surface area contributed by atoms with Crippen molar-refractivity contribution in [1.29, 1.82) is 0 Å². The Bertz CT molecular complexity index is 1730. The molecule has 4 heterocycles. The van der Waals surface area contributed by atoms with E-state index in [1.165, 1.54) is 35.4 Å². The summed E-state index contributed by atoms with van der Waals surface area (Å²) in [5.41, 5.74) is 2.69. The van der Waals surface area contributed by atoms with Crippen LogP contribution in [0.5, 0.6) is 0 Å². The molecule has 1 aliphatic rings. The second-order valence-corrected chi connectivity index (χ2v) is 9.00. The van der Waals surface area contributed by atoms with Gasteiger partial charge in [-0.05, 0) is 59.2 Å². The number of hydrogen-bond donors (Lipinski definition) is 2. The number of aromatic nitrogens is 7. The fourth-order valence-electron chi connectivity index (χ4n) is 4.77. The Morgan fingerprint density at radius 3 is 2.76 bits per heavy atom. The van der Waals surface area contributed by atoms with Crippen LogP contribution in [-0.4, -0.2) is 45.8 Å². The van der Waals surface area contributed by atoms with Gasteiger partial charge in [0.05, 0.1) is 29.2 Å². The number of halogens is 3. The zero-order chi connectivity index (χ0) is 25.7. The number of tetrazole rings is 1. The summed E-state index contributed by atoms with van der Waals surface area (Å²) < 4.78 is 17.9. The van der Waals surface area contributed by atoms with Crippen LogP contribution in [0.15, 0.2) is 65.8 Å². The first-order valence-electron chi connectivity index (χ1n) is 11.3. The molecule has 0 unspecified atom stereocenters. The van der Waals surface area contributed by atoms with Crippen LogP contribution in [0.2, 0.25) is 5.02 Å². The van der Waals surface area contributed by atoms with Crippen LogP contribution in [0, 0.1) is 5.82 Å². The smallest absolute Gasteiger partial charge is 0.338 e. The van der Waals surface area contributed by atoms with Crippen LogP contribution in [-0.2, 0) is 6.42 Å². The van der Waals surface area contributed by atoms with E-state index in [2.05, 4.69) is 25.5 Å². The van der Waals surface area contributed by atoms with E-state index < -0.39 is 17.3 Å². The molecule has 0 radical (unpaired) electrons. The summed E-state index contributed by atoms with van der Waals surface area (Å²) in [4.78, 5) is 32.1. The van der Waals surface area contributed by atoms with Gasteiger partial charge in [-0.1, -0.05) is 23.7 Å². The third kappa shape index (κ3) is 4.25. The molecule has 2 N–H and O–H groups in total. The molecule has 0 aliphatic carbocycles. The van der Waals surface area contributed by atoms with Crippen molar-refractivity contribution < 1.29 is 14.3 Å². The van der Waals surface area contributed by atoms with Crippen molar-refractivity contribution in [1.82, 2.24) is 34.7 Å². The summed E-state index contributed by atoms with van der Waals surface area (Å²) in [5, 5.41) is 21.0. The number of imidazole rings is 1. The molecule has 2 aromatic carbocycles. The Morgan fingerprint density at radius 1 is 1.16 bits per heavy atom. The molecule has 3 aromatic heterocycles. The average Bonchev–Trinajstić information content (AvgIpc) is 3.64. The predicted molar refractivity (Wildman–Crippen MR) is 139 cm³/mol. The molecule has 10 nitrogen and oxygen atoms in total. The maximum Gasteiger partial charge on any atom is 0.338 e. The average molecular weight is 554 g/mol. The summed E-state index contributed by atoms with van der Waals surface area (Å²) in [5.74, 6) is -1.71. The SMILES string of the molecule is Cl.O=C(O)c1cccc(-c2cnc([C@@H]3CCc4cc(-c5ccc(Cl)cc5-n5cnnn5)cc(=O)n43)[nH]2)c1F. The van der Waals surface area contributed by atoms with Crippen molar-refractivity contribution in [2.24, 2.45) is 0 Å². The molecule has 0 fully saturated rings. The van der Waals surface area contributed by atoms with Crippen LogP contribution in [0.25, 0.3) is 28.1 Å². The van der Waals surface area contributed by atoms with Crippen molar-refractivity contribution >= 4 is 30.0 Å². The molecule has 0 spiro atoms. The number of carboxylic acids is 1. The predicted octanol–water partition coefficient (Wildman–Crippen LogP) is 4.33. The number of aryl methyl sites for hydroxylation is 1. The van der Waals surface area contributed by atoms with E-state index in [4.69, 9.17) is 11.6 Å². The molecule has 5 aromatic rings. The monoisotopic (exact) mass is 553 g/mol. The van der Waals surface area contributed by atoms with E-state index in [1.807, 2.05) is 12.1 Å². The lowest BCUT2D eigenvalue weighted by atomic mass is 10.0. The third-order valence-electron chi connectivity index (χ3n) is 6.43. The van der Waals surface area contributed by atoms with E-state index in [0.29, 0.717) is 40.6 Å². The van der Waals surface area contributed by atoms with E-state index in [-0.39, 0.29) is 29.6 Å². The van der Waals surface area contributed by atoms with Gasteiger partial charge in [0, 0.05) is 27.9 Å². The number of rotatable bonds is 5. The highest BCUT2D eigenvalue weighted by molar-refractivity contribution is 6.30. The number of H-pyrrole nitrogens is 1. The quantitative estimate of drug-likeness (QED) is 0.331. The van der Waals surface area contributed by atoms with Crippen molar-refractivity contribution in [2.45, 2.75) is 18.9 Å². The van der Waals surface area contributed by atoms with Gasteiger partial charge in [0.15, 0.2) is 0 Å². The van der Waals surface area contributed by atoms with Gasteiger partial charge in [-0.2, -0.15) is 4.68 Å². The molecular formula is C25H18Cl2FN7O3. The Labute approximate surface area is 225 Å². The van der Waals surface area contributed by atoms with Crippen molar-refractivity contribution in [3.05, 3.63) is 99.3 Å². The van der Waals surface area contributed by atoms with Gasteiger partial charge in [0.2, 0.25) is 0 Å². The number of hydrogen-bond acceptors (Lipinski definition) is 6. The minimum absolute atomic E-state index is 0. The number of benzene rings is 2. The number of nitrogens with one attached hydrogen (secondary N) is 1. The first-order valence-corrected chi connectivity index (χ1v) is 11.6. The lowest BCUT2D eigenvalue weighted by Crippen LogP contribution is -2.23. The fourth-order valence-corrected chi connectivity index (χ4v) is 4.93. The first-order chi connectivity index (χ1) is 17.9. The van der Waals surface area contributed by atoms with E-state index in [0.717, 1.165) is 11.3 Å². The minimum Gasteiger partial charge on any atom is -0.478 e. The topological polar surface area (TPSA) is 132 Å². The van der Waals surface area contributed by atoms with Crippen molar-refractivity contribution in [3.63, 3.8) is 0 Å². The molecule has 13 heteroatoms. The van der Waals surface area contributed by atoms with Crippen LogP contribution in [0.3, 0.4) is 0 Å². The zero-order valence-electron chi connectivity index (χ0n) is 19.4. The van der Waals surface area contributed by atoms with Crippen LogP contribution in [0.4, 0.5) is 4.39 Å². The number of nitrogens with zero attached hydrogens (tertiary/aromatic N) is 6. The largest absolute Gasteiger partial charge is 0.478 e. The van der Waals surface area contributed by atoms with Crippen LogP contribution in [0.1, 0.15) is 34.3 Å².